The second-order valence-corrected chi connectivity index (χ2v) is 7.83. The number of ether oxygens (including phenoxy) is 5. The number of carboxylic acids is 1. The van der Waals surface area contributed by atoms with Gasteiger partial charge in [-0.3, -0.25) is 24.0 Å². The Balaban J connectivity index is 3.60. The van der Waals surface area contributed by atoms with Gasteiger partial charge in [-0.15, -0.1) is 0 Å². The lowest BCUT2D eigenvalue weighted by molar-refractivity contribution is -0.224. The van der Waals surface area contributed by atoms with E-state index in [1.54, 1.807) is 0 Å². The molecule has 1 aliphatic rings. The summed E-state index contributed by atoms with van der Waals surface area (Å²) in [5.41, 5.74) is 0. The van der Waals surface area contributed by atoms with Crippen LogP contribution in [0.2, 0.25) is 0 Å². The van der Waals surface area contributed by atoms with Crippen LogP contribution in [0.1, 0.15) is 41.0 Å². The fourth-order valence-corrected chi connectivity index (χ4v) is 3.49. The van der Waals surface area contributed by atoms with Crippen molar-refractivity contribution >= 4 is 47.4 Å². The van der Waals surface area contributed by atoms with Crippen molar-refractivity contribution in [2.75, 3.05) is 6.61 Å². The molecule has 2 N–H and O–H groups in total. The molecule has 1 amide bonds. The number of alkyl halides is 1. The molecule has 1 saturated heterocycles. The van der Waals surface area contributed by atoms with Gasteiger partial charge in [0, 0.05) is 41.0 Å². The molecule has 14 heteroatoms. The van der Waals surface area contributed by atoms with Crippen LogP contribution in [-0.4, -0.2) is 83.0 Å². The number of halogens is 1. The number of esters is 4. The van der Waals surface area contributed by atoms with E-state index in [4.69, 9.17) is 35.3 Å². The topological polar surface area (TPSA) is 181 Å². The summed E-state index contributed by atoms with van der Waals surface area (Å²) >= 11 is 6.14. The Bertz CT molecular complexity index is 802. The maximum atomic E-state index is 11.9. The molecule has 0 unspecified atom stereocenters. The third kappa shape index (κ3) is 8.50. The molecule has 33 heavy (non-hydrogen) atoms. The van der Waals surface area contributed by atoms with Crippen LogP contribution < -0.4 is 5.32 Å². The average Bonchev–Trinajstić information content (AvgIpc) is 2.64. The number of nitrogens with one attached hydrogen (secondary N) is 1. The van der Waals surface area contributed by atoms with Gasteiger partial charge >= 0.3 is 29.8 Å². The molecule has 1 fully saturated rings. The van der Waals surface area contributed by atoms with Gasteiger partial charge in [-0.05, 0) is 0 Å². The number of carbonyl (C=O) groups excluding carboxylic acids is 5. The minimum atomic E-state index is -2.47. The first-order valence-electron chi connectivity index (χ1n) is 9.68. The molecule has 0 aliphatic carbocycles. The van der Waals surface area contributed by atoms with Crippen molar-refractivity contribution < 1.29 is 57.6 Å². The first kappa shape index (κ1) is 28.1. The van der Waals surface area contributed by atoms with E-state index in [-0.39, 0.29) is 0 Å². The van der Waals surface area contributed by atoms with E-state index in [0.717, 1.165) is 34.6 Å². The summed E-state index contributed by atoms with van der Waals surface area (Å²) in [5.74, 6) is -5.63. The first-order valence-corrected chi connectivity index (χ1v) is 10.1. The smallest absolute Gasteiger partial charge is 0.352 e. The number of hydrogen-bond acceptors (Lipinski definition) is 11. The van der Waals surface area contributed by atoms with Gasteiger partial charge in [-0.25, -0.2) is 4.79 Å². The standard InChI is InChI=1S/C19H26ClNO12/c1-8(22)21-15-13(30-10(3)24)6-19(20,18(27)28)33-17(15)16(32-12(5)26)14(31-11(4)25)7-29-9(2)23/h13-17H,6-7H2,1-5H3,(H,21,22)(H,27,28)/t13-,14+,15+,16+,17+,19+/m0/s1. The molecule has 0 aromatic rings. The van der Waals surface area contributed by atoms with Gasteiger partial charge in [0.15, 0.2) is 12.2 Å². The van der Waals surface area contributed by atoms with Crippen molar-refractivity contribution in [3.8, 4) is 0 Å². The number of aliphatic carboxylic acids is 1. The quantitative estimate of drug-likeness (QED) is 0.241. The minimum absolute atomic E-state index is 0.583. The average molecular weight is 496 g/mol. The fraction of sp³-hybridized carbons (Fsp3) is 0.684. The van der Waals surface area contributed by atoms with Crippen LogP contribution >= 0.6 is 11.6 Å². The Morgan fingerprint density at radius 3 is 2.00 bits per heavy atom. The first-order chi connectivity index (χ1) is 15.2. The highest BCUT2D eigenvalue weighted by atomic mass is 35.5. The van der Waals surface area contributed by atoms with Crippen LogP contribution in [0, 0.1) is 0 Å². The summed E-state index contributed by atoms with van der Waals surface area (Å²) in [6.45, 7) is 4.69. The fourth-order valence-electron chi connectivity index (χ4n) is 3.24. The van der Waals surface area contributed by atoms with Gasteiger partial charge < -0.3 is 34.1 Å². The van der Waals surface area contributed by atoms with E-state index in [0.29, 0.717) is 0 Å². The minimum Gasteiger partial charge on any atom is -0.478 e. The maximum Gasteiger partial charge on any atom is 0.352 e. The van der Waals surface area contributed by atoms with E-state index >= 15 is 0 Å². The van der Waals surface area contributed by atoms with Crippen molar-refractivity contribution in [3.63, 3.8) is 0 Å². The lowest BCUT2D eigenvalue weighted by atomic mass is 9.89. The molecular formula is C19H26ClNO12. The molecule has 0 saturated carbocycles. The predicted octanol–water partition coefficient (Wildman–Crippen LogP) is -0.342. The molecule has 0 radical (unpaired) electrons. The van der Waals surface area contributed by atoms with Crippen molar-refractivity contribution in [1.82, 2.24) is 5.32 Å². The number of rotatable bonds is 9. The van der Waals surface area contributed by atoms with Crippen LogP contribution in [0.5, 0.6) is 0 Å². The summed E-state index contributed by atoms with van der Waals surface area (Å²) in [7, 11) is 0. The van der Waals surface area contributed by atoms with E-state index in [2.05, 4.69) is 5.32 Å². The van der Waals surface area contributed by atoms with Crippen molar-refractivity contribution in [2.45, 2.75) is 76.6 Å². The van der Waals surface area contributed by atoms with Gasteiger partial charge in [0.2, 0.25) is 11.0 Å². The lowest BCUT2D eigenvalue weighted by Crippen LogP contribution is -2.67. The van der Waals surface area contributed by atoms with Crippen molar-refractivity contribution in [3.05, 3.63) is 0 Å². The molecular weight excluding hydrogens is 470 g/mol. The van der Waals surface area contributed by atoms with Gasteiger partial charge in [-0.1, -0.05) is 11.6 Å². The Kier molecular flexibility index (Phi) is 10.0. The summed E-state index contributed by atoms with van der Waals surface area (Å²) < 4.78 is 26.0. The van der Waals surface area contributed by atoms with E-state index < -0.39 is 84.3 Å². The zero-order chi connectivity index (χ0) is 25.5. The highest BCUT2D eigenvalue weighted by molar-refractivity contribution is 6.32. The highest BCUT2D eigenvalue weighted by Crippen LogP contribution is 2.37. The Morgan fingerprint density at radius 1 is 1.00 bits per heavy atom. The molecule has 0 aromatic carbocycles. The zero-order valence-electron chi connectivity index (χ0n) is 18.6. The Hall–Kier alpha value is -2.93. The summed E-state index contributed by atoms with van der Waals surface area (Å²) in [6.07, 6.45) is -6.69. The molecule has 0 aromatic heterocycles. The van der Waals surface area contributed by atoms with Crippen molar-refractivity contribution in [1.29, 1.82) is 0 Å². The molecule has 0 bridgehead atoms. The van der Waals surface area contributed by atoms with Gasteiger partial charge in [0.1, 0.15) is 18.8 Å². The van der Waals surface area contributed by atoms with Crippen molar-refractivity contribution in [2.24, 2.45) is 0 Å². The SMILES string of the molecule is CC(=O)N[C@H]1[C@H]([C@H](OC(C)=O)[C@@H](COC(C)=O)OC(C)=O)O[C@@](Cl)(C(=O)O)C[C@@H]1OC(C)=O. The largest absolute Gasteiger partial charge is 0.478 e. The highest BCUT2D eigenvalue weighted by Gasteiger charge is 2.57. The van der Waals surface area contributed by atoms with Crippen LogP contribution in [0.25, 0.3) is 0 Å². The Labute approximate surface area is 193 Å². The predicted molar refractivity (Wildman–Crippen MR) is 107 cm³/mol. The molecule has 6 atom stereocenters. The normalized spacial score (nSPS) is 26.2. The summed E-state index contributed by atoms with van der Waals surface area (Å²) in [6, 6.07) is -1.29. The molecule has 1 rings (SSSR count). The van der Waals surface area contributed by atoms with E-state index in [9.17, 15) is 33.9 Å². The monoisotopic (exact) mass is 495 g/mol. The van der Waals surface area contributed by atoms with E-state index in [1.165, 1.54) is 0 Å². The third-order valence-corrected chi connectivity index (χ3v) is 4.71. The summed E-state index contributed by atoms with van der Waals surface area (Å²) in [5, 5.41) is 9.60. The van der Waals surface area contributed by atoms with Gasteiger partial charge in [0.25, 0.3) is 0 Å². The zero-order valence-corrected chi connectivity index (χ0v) is 19.4. The number of carbonyl (C=O) groups is 6. The summed E-state index contributed by atoms with van der Waals surface area (Å²) in [4.78, 5) is 70.2. The van der Waals surface area contributed by atoms with E-state index in [1.807, 2.05) is 0 Å². The lowest BCUT2D eigenvalue weighted by Gasteiger charge is -2.46. The van der Waals surface area contributed by atoms with Crippen LogP contribution in [0.15, 0.2) is 0 Å². The molecule has 186 valence electrons. The van der Waals surface area contributed by atoms with Crippen LogP contribution in [-0.2, 0) is 52.5 Å². The Morgan fingerprint density at radius 2 is 1.58 bits per heavy atom. The van der Waals surface area contributed by atoms with Gasteiger partial charge in [0.05, 0.1) is 6.04 Å². The second-order valence-electron chi connectivity index (χ2n) is 7.22. The molecule has 1 heterocycles. The van der Waals surface area contributed by atoms with Crippen LogP contribution in [0.4, 0.5) is 0 Å². The number of hydrogen-bond donors (Lipinski definition) is 2. The number of amides is 1. The second kappa shape index (κ2) is 11.8. The number of carboxylic acid groups (broad SMARTS) is 1. The molecule has 0 spiro atoms. The molecule has 13 nitrogen and oxygen atoms in total. The third-order valence-electron chi connectivity index (χ3n) is 4.31. The maximum absolute atomic E-state index is 11.9. The molecule has 1 aliphatic heterocycles. The van der Waals surface area contributed by atoms with Gasteiger partial charge in [-0.2, -0.15) is 0 Å². The van der Waals surface area contributed by atoms with Crippen LogP contribution in [0.3, 0.4) is 0 Å².